The predicted molar refractivity (Wildman–Crippen MR) is 83.9 cm³/mol. The molecule has 112 valence electrons. The molecule has 0 amide bonds. The fourth-order valence-corrected chi connectivity index (χ4v) is 3.09. The lowest BCUT2D eigenvalue weighted by atomic mass is 9.73. The summed E-state index contributed by atoms with van der Waals surface area (Å²) in [7, 11) is 3.36. The van der Waals surface area contributed by atoms with Crippen molar-refractivity contribution >= 4 is 5.69 Å². The van der Waals surface area contributed by atoms with Crippen LogP contribution in [0.15, 0.2) is 12.1 Å². The van der Waals surface area contributed by atoms with Gasteiger partial charge in [0.15, 0.2) is 11.5 Å². The summed E-state index contributed by atoms with van der Waals surface area (Å²) in [5.41, 5.74) is 2.70. The summed E-state index contributed by atoms with van der Waals surface area (Å²) >= 11 is 0. The second kappa shape index (κ2) is 5.94. The van der Waals surface area contributed by atoms with Crippen molar-refractivity contribution in [1.29, 1.82) is 0 Å². The molecule has 2 rings (SSSR count). The summed E-state index contributed by atoms with van der Waals surface area (Å²) in [6, 6.07) is 4.61. The largest absolute Gasteiger partial charge is 0.493 e. The Kier molecular flexibility index (Phi) is 4.46. The average Bonchev–Trinajstić information content (AvgIpc) is 2.42. The van der Waals surface area contributed by atoms with Gasteiger partial charge in [-0.15, -0.1) is 0 Å². The van der Waals surface area contributed by atoms with Crippen molar-refractivity contribution in [2.45, 2.75) is 52.5 Å². The van der Waals surface area contributed by atoms with Crippen molar-refractivity contribution in [2.24, 2.45) is 5.41 Å². The Morgan fingerprint density at radius 3 is 2.35 bits per heavy atom. The smallest absolute Gasteiger partial charge is 0.162 e. The van der Waals surface area contributed by atoms with E-state index in [-0.39, 0.29) is 0 Å². The van der Waals surface area contributed by atoms with E-state index in [0.29, 0.717) is 11.5 Å². The molecule has 0 heterocycles. The minimum atomic E-state index is 0.345. The van der Waals surface area contributed by atoms with Crippen LogP contribution >= 0.6 is 0 Å². The third-order valence-corrected chi connectivity index (χ3v) is 4.57. The Morgan fingerprint density at radius 2 is 1.75 bits per heavy atom. The molecule has 1 aromatic rings. The molecule has 3 heteroatoms. The third kappa shape index (κ3) is 3.02. The zero-order chi connectivity index (χ0) is 14.8. The zero-order valence-electron chi connectivity index (χ0n) is 13.4. The van der Waals surface area contributed by atoms with Crippen LogP contribution < -0.4 is 14.8 Å². The standard InChI is InChI=1S/C17H27NO2/c1-12-10-14(19-4)15(20-5)11-13(12)18-16-8-6-7-9-17(16,2)3/h10-11,16,18H,6-9H2,1-5H3. The first-order valence-corrected chi connectivity index (χ1v) is 7.47. The molecule has 1 saturated carbocycles. The van der Waals surface area contributed by atoms with Crippen molar-refractivity contribution in [3.63, 3.8) is 0 Å². The molecule has 1 fully saturated rings. The highest BCUT2D eigenvalue weighted by Crippen LogP contribution is 2.39. The molecule has 1 aliphatic rings. The molecule has 0 spiro atoms. The van der Waals surface area contributed by atoms with Crippen LogP contribution in [-0.4, -0.2) is 20.3 Å². The summed E-state index contributed by atoms with van der Waals surface area (Å²) in [4.78, 5) is 0. The Labute approximate surface area is 122 Å². The molecule has 1 aliphatic carbocycles. The van der Waals surface area contributed by atoms with Gasteiger partial charge in [0.2, 0.25) is 0 Å². The summed E-state index contributed by atoms with van der Waals surface area (Å²) in [6.07, 6.45) is 5.18. The van der Waals surface area contributed by atoms with Crippen molar-refractivity contribution < 1.29 is 9.47 Å². The molecule has 0 aromatic heterocycles. The van der Waals surface area contributed by atoms with Gasteiger partial charge in [0.25, 0.3) is 0 Å². The molecule has 0 radical (unpaired) electrons. The van der Waals surface area contributed by atoms with Gasteiger partial charge >= 0.3 is 0 Å². The van der Waals surface area contributed by atoms with E-state index in [0.717, 1.165) is 17.2 Å². The normalized spacial score (nSPS) is 21.4. The SMILES string of the molecule is COc1cc(C)c(NC2CCCCC2(C)C)cc1OC. The molecule has 0 aliphatic heterocycles. The predicted octanol–water partition coefficient (Wildman–Crippen LogP) is 4.39. The summed E-state index contributed by atoms with van der Waals surface area (Å²) in [5.74, 6) is 1.58. The lowest BCUT2D eigenvalue weighted by molar-refractivity contribution is 0.217. The topological polar surface area (TPSA) is 30.5 Å². The van der Waals surface area contributed by atoms with Gasteiger partial charge in [0.05, 0.1) is 14.2 Å². The van der Waals surface area contributed by atoms with Gasteiger partial charge in [0.1, 0.15) is 0 Å². The fraction of sp³-hybridized carbons (Fsp3) is 0.647. The Morgan fingerprint density at radius 1 is 1.10 bits per heavy atom. The van der Waals surface area contributed by atoms with E-state index in [9.17, 15) is 0 Å². The maximum Gasteiger partial charge on any atom is 0.162 e. The quantitative estimate of drug-likeness (QED) is 0.885. The van der Waals surface area contributed by atoms with Crippen LogP contribution in [0.2, 0.25) is 0 Å². The van der Waals surface area contributed by atoms with Crippen molar-refractivity contribution in [2.75, 3.05) is 19.5 Å². The van der Waals surface area contributed by atoms with Gasteiger partial charge in [-0.1, -0.05) is 26.7 Å². The number of hydrogen-bond acceptors (Lipinski definition) is 3. The number of anilines is 1. The first-order chi connectivity index (χ1) is 9.47. The van der Waals surface area contributed by atoms with Gasteiger partial charge in [-0.25, -0.2) is 0 Å². The molecule has 1 aromatic carbocycles. The van der Waals surface area contributed by atoms with E-state index in [1.165, 1.54) is 31.2 Å². The number of aryl methyl sites for hydroxylation is 1. The van der Waals surface area contributed by atoms with Crippen LogP contribution in [-0.2, 0) is 0 Å². The highest BCUT2D eigenvalue weighted by atomic mass is 16.5. The maximum absolute atomic E-state index is 5.41. The molecule has 20 heavy (non-hydrogen) atoms. The molecular formula is C17H27NO2. The number of nitrogens with one attached hydrogen (secondary N) is 1. The zero-order valence-corrected chi connectivity index (χ0v) is 13.4. The van der Waals surface area contributed by atoms with Crippen LogP contribution in [0.4, 0.5) is 5.69 Å². The summed E-state index contributed by atoms with van der Waals surface area (Å²) in [5, 5.41) is 3.73. The Balaban J connectivity index is 2.24. The van der Waals surface area contributed by atoms with Crippen molar-refractivity contribution in [3.05, 3.63) is 17.7 Å². The van der Waals surface area contributed by atoms with Gasteiger partial charge in [0, 0.05) is 17.8 Å². The number of rotatable bonds is 4. The Bertz CT molecular complexity index is 468. The molecule has 1 atom stereocenters. The minimum Gasteiger partial charge on any atom is -0.493 e. The first kappa shape index (κ1) is 15.0. The van der Waals surface area contributed by atoms with Gasteiger partial charge in [-0.3, -0.25) is 0 Å². The minimum absolute atomic E-state index is 0.345. The van der Waals surface area contributed by atoms with E-state index in [1.54, 1.807) is 14.2 Å². The highest BCUT2D eigenvalue weighted by Gasteiger charge is 2.32. The number of hydrogen-bond donors (Lipinski definition) is 1. The van der Waals surface area contributed by atoms with Crippen LogP contribution in [0.3, 0.4) is 0 Å². The van der Waals surface area contributed by atoms with Gasteiger partial charge in [-0.2, -0.15) is 0 Å². The summed E-state index contributed by atoms with van der Waals surface area (Å²) in [6.45, 7) is 6.83. The average molecular weight is 277 g/mol. The molecule has 3 nitrogen and oxygen atoms in total. The molecule has 1 unspecified atom stereocenters. The number of methoxy groups -OCH3 is 2. The van der Waals surface area contributed by atoms with Crippen molar-refractivity contribution in [3.8, 4) is 11.5 Å². The van der Waals surface area contributed by atoms with E-state index in [4.69, 9.17) is 9.47 Å². The summed E-state index contributed by atoms with van der Waals surface area (Å²) < 4.78 is 10.8. The lowest BCUT2D eigenvalue weighted by Gasteiger charge is -2.40. The van der Waals surface area contributed by atoms with E-state index in [1.807, 2.05) is 6.07 Å². The fourth-order valence-electron chi connectivity index (χ4n) is 3.09. The molecule has 0 saturated heterocycles. The van der Waals surface area contributed by atoms with E-state index >= 15 is 0 Å². The second-order valence-corrected chi connectivity index (χ2v) is 6.45. The lowest BCUT2D eigenvalue weighted by Crippen LogP contribution is -2.39. The molecule has 1 N–H and O–H groups in total. The van der Waals surface area contributed by atoms with Crippen LogP contribution in [0, 0.1) is 12.3 Å². The molecular weight excluding hydrogens is 250 g/mol. The molecule has 0 bridgehead atoms. The van der Waals surface area contributed by atoms with Crippen LogP contribution in [0.5, 0.6) is 11.5 Å². The number of benzene rings is 1. The van der Waals surface area contributed by atoms with Crippen molar-refractivity contribution in [1.82, 2.24) is 0 Å². The first-order valence-electron chi connectivity index (χ1n) is 7.47. The maximum atomic E-state index is 5.41. The Hall–Kier alpha value is -1.38. The van der Waals surface area contributed by atoms with Gasteiger partial charge in [-0.05, 0) is 36.8 Å². The van der Waals surface area contributed by atoms with Crippen LogP contribution in [0.25, 0.3) is 0 Å². The van der Waals surface area contributed by atoms with Crippen LogP contribution in [0.1, 0.15) is 45.1 Å². The third-order valence-electron chi connectivity index (χ3n) is 4.57. The highest BCUT2D eigenvalue weighted by molar-refractivity contribution is 5.60. The van der Waals surface area contributed by atoms with Gasteiger partial charge < -0.3 is 14.8 Å². The second-order valence-electron chi connectivity index (χ2n) is 6.45. The number of ether oxygens (including phenoxy) is 2. The van der Waals surface area contributed by atoms with E-state index < -0.39 is 0 Å². The monoisotopic (exact) mass is 277 g/mol. The van der Waals surface area contributed by atoms with E-state index in [2.05, 4.69) is 32.2 Å².